The summed E-state index contributed by atoms with van der Waals surface area (Å²) in [4.78, 5) is 28.4. The molecule has 0 bridgehead atoms. The Morgan fingerprint density at radius 1 is 0.462 bits per heavy atom. The van der Waals surface area contributed by atoms with Crippen LogP contribution in [0.4, 0.5) is 0 Å². The fourth-order valence-electron chi connectivity index (χ4n) is 2.56. The Labute approximate surface area is 241 Å². The van der Waals surface area contributed by atoms with Crippen molar-refractivity contribution in [2.75, 3.05) is 0 Å². The molecule has 0 saturated heterocycles. The van der Waals surface area contributed by atoms with Gasteiger partial charge in [0, 0.05) is 37.2 Å². The van der Waals surface area contributed by atoms with Gasteiger partial charge in [0.05, 0.1) is 10.2 Å². The smallest absolute Gasteiger partial charge is 0.356 e. The van der Waals surface area contributed by atoms with Crippen LogP contribution in [0, 0.1) is 30.6 Å². The van der Waals surface area contributed by atoms with Crippen molar-refractivity contribution in [3.05, 3.63) is 121 Å². The summed E-state index contributed by atoms with van der Waals surface area (Å²) in [7, 11) is 0. The first kappa shape index (κ1) is 39.9. The van der Waals surface area contributed by atoms with Gasteiger partial charge in [-0.2, -0.15) is 0 Å². The Balaban J connectivity index is -0.000000434. The van der Waals surface area contributed by atoms with Crippen molar-refractivity contribution in [2.45, 2.75) is 78.6 Å². The quantitative estimate of drug-likeness (QED) is 0.206. The van der Waals surface area contributed by atoms with Gasteiger partial charge in [-0.15, -0.1) is 0 Å². The number of pyridine rings is 3. The molecule has 3 aromatic heterocycles. The first-order valence-electron chi connectivity index (χ1n) is 11.6. The van der Waals surface area contributed by atoms with Gasteiger partial charge < -0.3 is 30.6 Å². The molecule has 39 heavy (non-hydrogen) atoms. The first-order valence-corrected chi connectivity index (χ1v) is 11.6. The van der Waals surface area contributed by atoms with Gasteiger partial charge in [-0.3, -0.25) is 15.0 Å². The molecule has 0 aliphatic rings. The van der Waals surface area contributed by atoms with Gasteiger partial charge in [0.2, 0.25) is 0 Å². The predicted molar refractivity (Wildman–Crippen MR) is 150 cm³/mol. The second-order valence-electron chi connectivity index (χ2n) is 10.9. The molecule has 0 aliphatic carbocycles. The second kappa shape index (κ2) is 19.4. The van der Waals surface area contributed by atoms with E-state index >= 15 is 0 Å². The molecule has 0 saturated carbocycles. The van der Waals surface area contributed by atoms with Crippen LogP contribution in [0.15, 0.2) is 73.6 Å². The van der Waals surface area contributed by atoms with Crippen molar-refractivity contribution in [1.29, 1.82) is 0 Å². The Morgan fingerprint density at radius 2 is 0.590 bits per heavy atom. The van der Waals surface area contributed by atoms with E-state index in [9.17, 15) is 0 Å². The summed E-state index contributed by atoms with van der Waals surface area (Å²) in [6.45, 7) is 19.8. The van der Waals surface area contributed by atoms with Crippen LogP contribution in [0.2, 0.25) is 0 Å². The molecule has 3 heterocycles. The number of rotatable bonds is 0. The van der Waals surface area contributed by atoms with E-state index in [0.29, 0.717) is 0 Å². The standard InChI is InChI=1S/3C9H13N.Co.2NO3/c3*1-9(2,3)8-4-6-10-7-5-8;;2*2-1(3)4/h3*4-7H,1-3H3;;;/q;;;+2;2*-1. The maximum atomic E-state index is 8.25. The van der Waals surface area contributed by atoms with E-state index in [4.69, 9.17) is 30.6 Å². The molecule has 0 N–H and O–H groups in total. The Bertz CT molecular complexity index is 900. The third kappa shape index (κ3) is 24.4. The summed E-state index contributed by atoms with van der Waals surface area (Å²) in [6.07, 6.45) is 11.0. The molecule has 11 nitrogen and oxygen atoms in total. The van der Waals surface area contributed by atoms with E-state index in [1.165, 1.54) is 16.7 Å². The maximum Gasteiger partial charge on any atom is 2.00 e. The molecule has 0 unspecified atom stereocenters. The van der Waals surface area contributed by atoms with Crippen LogP contribution < -0.4 is 0 Å². The summed E-state index contributed by atoms with van der Waals surface area (Å²) in [6, 6.07) is 12.3. The van der Waals surface area contributed by atoms with E-state index in [1.54, 1.807) is 0 Å². The third-order valence-corrected chi connectivity index (χ3v) is 4.64. The Morgan fingerprint density at radius 3 is 0.667 bits per heavy atom. The molecular formula is C27H39CoN5O6. The van der Waals surface area contributed by atoms with Gasteiger partial charge in [0.1, 0.15) is 0 Å². The number of hydrogen-bond acceptors (Lipinski definition) is 9. The SMILES string of the molecule is CC(C)(C)c1ccncc1.CC(C)(C)c1ccncc1.CC(C)(C)c1ccncc1.O=[N+]([O-])[O-].O=[N+]([O-])[O-].[Co+2]. The monoisotopic (exact) mass is 588 g/mol. The number of nitrogens with zero attached hydrogens (tertiary/aromatic N) is 5. The molecular weight excluding hydrogens is 549 g/mol. The zero-order chi connectivity index (χ0) is 30.0. The fourth-order valence-corrected chi connectivity index (χ4v) is 2.56. The zero-order valence-corrected chi connectivity index (χ0v) is 25.0. The van der Waals surface area contributed by atoms with Gasteiger partial charge >= 0.3 is 16.8 Å². The Kier molecular flexibility index (Phi) is 19.9. The molecule has 0 aromatic carbocycles. The molecule has 0 aliphatic heterocycles. The van der Waals surface area contributed by atoms with Crippen molar-refractivity contribution in [1.82, 2.24) is 15.0 Å². The molecule has 3 aromatic rings. The summed E-state index contributed by atoms with van der Waals surface area (Å²) < 4.78 is 0. The van der Waals surface area contributed by atoms with Crippen molar-refractivity contribution in [2.24, 2.45) is 0 Å². The van der Waals surface area contributed by atoms with Gasteiger partial charge in [0.15, 0.2) is 0 Å². The normalized spacial score (nSPS) is 10.1. The topological polar surface area (TPSA) is 171 Å². The minimum Gasteiger partial charge on any atom is -0.356 e. The van der Waals surface area contributed by atoms with Crippen LogP contribution in [0.1, 0.15) is 79.0 Å². The van der Waals surface area contributed by atoms with Crippen LogP contribution in [0.25, 0.3) is 0 Å². The van der Waals surface area contributed by atoms with Gasteiger partial charge in [-0.05, 0) is 69.3 Å². The fraction of sp³-hybridized carbons (Fsp3) is 0.444. The summed E-state index contributed by atoms with van der Waals surface area (Å²) in [5.74, 6) is 0. The largest absolute Gasteiger partial charge is 2.00 e. The van der Waals surface area contributed by atoms with Crippen LogP contribution in [0.5, 0.6) is 0 Å². The van der Waals surface area contributed by atoms with Gasteiger partial charge in [-0.25, -0.2) is 0 Å². The van der Waals surface area contributed by atoms with Gasteiger partial charge in [0.25, 0.3) is 0 Å². The number of aromatic nitrogens is 3. The zero-order valence-electron chi connectivity index (χ0n) is 23.9. The first-order chi connectivity index (χ1) is 17.3. The van der Waals surface area contributed by atoms with Crippen LogP contribution in [0.3, 0.4) is 0 Å². The minimum atomic E-state index is -1.75. The van der Waals surface area contributed by atoms with E-state index in [-0.39, 0.29) is 33.0 Å². The molecule has 0 atom stereocenters. The summed E-state index contributed by atoms with van der Waals surface area (Å²) >= 11 is 0. The molecule has 12 heteroatoms. The van der Waals surface area contributed by atoms with E-state index in [2.05, 4.69) is 114 Å². The summed E-state index contributed by atoms with van der Waals surface area (Å²) in [5.41, 5.74) is 4.77. The van der Waals surface area contributed by atoms with Gasteiger partial charge in [-0.1, -0.05) is 62.3 Å². The van der Waals surface area contributed by atoms with E-state index in [0.717, 1.165) is 0 Å². The average Bonchev–Trinajstić information content (AvgIpc) is 2.79. The van der Waals surface area contributed by atoms with E-state index in [1.807, 2.05) is 37.2 Å². The molecule has 1 radical (unpaired) electrons. The molecule has 0 spiro atoms. The van der Waals surface area contributed by atoms with E-state index < -0.39 is 10.2 Å². The summed E-state index contributed by atoms with van der Waals surface area (Å²) in [5, 5.41) is 29.5. The number of hydrogen-bond donors (Lipinski definition) is 0. The van der Waals surface area contributed by atoms with Crippen molar-refractivity contribution in [3.63, 3.8) is 0 Å². The van der Waals surface area contributed by atoms with Crippen LogP contribution in [-0.4, -0.2) is 25.1 Å². The predicted octanol–water partition coefficient (Wildman–Crippen LogP) is 6.66. The van der Waals surface area contributed by atoms with Crippen molar-refractivity contribution < 1.29 is 27.0 Å². The molecule has 0 fully saturated rings. The molecule has 3 rings (SSSR count). The molecule has 217 valence electrons. The van der Waals surface area contributed by atoms with Crippen molar-refractivity contribution in [3.8, 4) is 0 Å². The Hall–Kier alpha value is -3.64. The molecule has 0 amide bonds. The average molecular weight is 589 g/mol. The van der Waals surface area contributed by atoms with Crippen LogP contribution >= 0.6 is 0 Å². The minimum absolute atomic E-state index is 0. The third-order valence-electron chi connectivity index (χ3n) is 4.64. The maximum absolute atomic E-state index is 8.25. The second-order valence-corrected chi connectivity index (χ2v) is 10.9. The van der Waals surface area contributed by atoms with Crippen LogP contribution in [-0.2, 0) is 33.0 Å². The van der Waals surface area contributed by atoms with Crippen molar-refractivity contribution >= 4 is 0 Å².